The van der Waals surface area contributed by atoms with Gasteiger partial charge in [0.05, 0.1) is 13.2 Å². The quantitative estimate of drug-likeness (QED) is 0.907. The second-order valence-electron chi connectivity index (χ2n) is 5.53. The molecule has 0 radical (unpaired) electrons. The van der Waals surface area contributed by atoms with E-state index in [1.807, 2.05) is 12.1 Å². The molecule has 1 heterocycles. The molecule has 2 atom stereocenters. The van der Waals surface area contributed by atoms with Gasteiger partial charge in [-0.3, -0.25) is 4.90 Å². The topological polar surface area (TPSA) is 38.5 Å². The molecule has 112 valence electrons. The van der Waals surface area contributed by atoms with Crippen LogP contribution in [0.2, 0.25) is 0 Å². The second-order valence-corrected chi connectivity index (χ2v) is 6.44. The predicted octanol–water partition coefficient (Wildman–Crippen LogP) is 3.72. The Kier molecular flexibility index (Phi) is 5.87. The van der Waals surface area contributed by atoms with Crippen LogP contribution in [-0.4, -0.2) is 31.1 Å². The summed E-state index contributed by atoms with van der Waals surface area (Å²) in [6, 6.07) is 6.64. The zero-order chi connectivity index (χ0) is 14.5. The number of nitrogens with zero attached hydrogens (tertiary/aromatic N) is 1. The van der Waals surface area contributed by atoms with Crippen molar-refractivity contribution in [1.29, 1.82) is 0 Å². The fourth-order valence-corrected chi connectivity index (χ4v) is 3.54. The molecule has 0 saturated carbocycles. The predicted molar refractivity (Wildman–Crippen MR) is 87.1 cm³/mol. The Labute approximate surface area is 130 Å². The van der Waals surface area contributed by atoms with E-state index in [0.717, 1.165) is 36.2 Å². The van der Waals surface area contributed by atoms with Gasteiger partial charge in [-0.05, 0) is 50.6 Å². The first-order valence-corrected chi connectivity index (χ1v) is 8.29. The van der Waals surface area contributed by atoms with E-state index in [2.05, 4.69) is 33.8 Å². The summed E-state index contributed by atoms with van der Waals surface area (Å²) < 4.78 is 6.65. The van der Waals surface area contributed by atoms with Gasteiger partial charge >= 0.3 is 0 Å². The largest absolute Gasteiger partial charge is 0.496 e. The summed E-state index contributed by atoms with van der Waals surface area (Å²) in [5.74, 6) is 0.941. The van der Waals surface area contributed by atoms with Gasteiger partial charge in [-0.25, -0.2) is 0 Å². The van der Waals surface area contributed by atoms with Gasteiger partial charge in [-0.1, -0.05) is 29.3 Å². The highest BCUT2D eigenvalue weighted by Crippen LogP contribution is 2.36. The summed E-state index contributed by atoms with van der Waals surface area (Å²) >= 11 is 3.58. The smallest absolute Gasteiger partial charge is 0.123 e. The third kappa shape index (κ3) is 3.54. The van der Waals surface area contributed by atoms with Crippen molar-refractivity contribution in [3.05, 3.63) is 28.2 Å². The Morgan fingerprint density at radius 1 is 1.40 bits per heavy atom. The van der Waals surface area contributed by atoms with Crippen LogP contribution in [0.25, 0.3) is 0 Å². The fourth-order valence-electron chi connectivity index (χ4n) is 3.16. The Bertz CT molecular complexity index is 438. The molecule has 20 heavy (non-hydrogen) atoms. The Balaban J connectivity index is 2.40. The van der Waals surface area contributed by atoms with Gasteiger partial charge in [0.1, 0.15) is 5.75 Å². The number of benzene rings is 1. The first-order valence-electron chi connectivity index (χ1n) is 7.50. The standard InChI is InChI=1S/C16H25BrN2O/c1-3-9-19-10-5-4-6-14(18)16(19)13-11-12(17)7-8-15(13)20-2/h7-8,11,14,16H,3-6,9-10,18H2,1-2H3. The van der Waals surface area contributed by atoms with Gasteiger partial charge in [0.2, 0.25) is 0 Å². The zero-order valence-corrected chi connectivity index (χ0v) is 14.0. The molecule has 1 saturated heterocycles. The second kappa shape index (κ2) is 7.43. The van der Waals surface area contributed by atoms with Gasteiger partial charge < -0.3 is 10.5 Å². The lowest BCUT2D eigenvalue weighted by Gasteiger charge is -2.34. The molecule has 2 N–H and O–H groups in total. The third-order valence-corrected chi connectivity index (χ3v) is 4.55. The van der Waals surface area contributed by atoms with Crippen molar-refractivity contribution in [1.82, 2.24) is 4.90 Å². The zero-order valence-electron chi connectivity index (χ0n) is 12.4. The fraction of sp³-hybridized carbons (Fsp3) is 0.625. The third-order valence-electron chi connectivity index (χ3n) is 4.05. The normalized spacial score (nSPS) is 24.4. The highest BCUT2D eigenvalue weighted by atomic mass is 79.9. The van der Waals surface area contributed by atoms with Crippen molar-refractivity contribution >= 4 is 15.9 Å². The molecule has 3 nitrogen and oxygen atoms in total. The van der Waals surface area contributed by atoms with Crippen molar-refractivity contribution in [2.24, 2.45) is 5.73 Å². The molecule has 0 bridgehead atoms. The van der Waals surface area contributed by atoms with E-state index in [-0.39, 0.29) is 12.1 Å². The molecule has 2 unspecified atom stereocenters. The lowest BCUT2D eigenvalue weighted by Crippen LogP contribution is -2.40. The molecular formula is C16H25BrN2O. The highest BCUT2D eigenvalue weighted by Gasteiger charge is 2.30. The number of halogens is 1. The minimum Gasteiger partial charge on any atom is -0.496 e. The van der Waals surface area contributed by atoms with E-state index in [9.17, 15) is 0 Å². The molecule has 2 rings (SSSR count). The number of nitrogens with two attached hydrogens (primary N) is 1. The van der Waals surface area contributed by atoms with Crippen LogP contribution in [0.4, 0.5) is 0 Å². The first-order chi connectivity index (χ1) is 9.67. The van der Waals surface area contributed by atoms with Crippen LogP contribution < -0.4 is 10.5 Å². The van der Waals surface area contributed by atoms with Gasteiger partial charge in [-0.2, -0.15) is 0 Å². The maximum Gasteiger partial charge on any atom is 0.123 e. The van der Waals surface area contributed by atoms with Gasteiger partial charge in [0, 0.05) is 16.1 Å². The Hall–Kier alpha value is -0.580. The van der Waals surface area contributed by atoms with Crippen LogP contribution in [0.5, 0.6) is 5.75 Å². The SMILES string of the molecule is CCCN1CCCCC(N)C1c1cc(Br)ccc1OC. The summed E-state index contributed by atoms with van der Waals surface area (Å²) in [4.78, 5) is 2.53. The molecule has 4 heteroatoms. The number of rotatable bonds is 4. The van der Waals surface area contributed by atoms with Crippen LogP contribution >= 0.6 is 15.9 Å². The highest BCUT2D eigenvalue weighted by molar-refractivity contribution is 9.10. The van der Waals surface area contributed by atoms with Crippen LogP contribution in [0.3, 0.4) is 0 Å². The van der Waals surface area contributed by atoms with Crippen LogP contribution in [0.15, 0.2) is 22.7 Å². The molecule has 1 aliphatic rings. The van der Waals surface area contributed by atoms with E-state index in [1.54, 1.807) is 7.11 Å². The van der Waals surface area contributed by atoms with Gasteiger partial charge in [0.25, 0.3) is 0 Å². The van der Waals surface area contributed by atoms with Gasteiger partial charge in [0.15, 0.2) is 0 Å². The molecule has 1 aromatic carbocycles. The van der Waals surface area contributed by atoms with Crippen molar-refractivity contribution in [2.75, 3.05) is 20.2 Å². The molecule has 1 fully saturated rings. The Morgan fingerprint density at radius 2 is 2.20 bits per heavy atom. The lowest BCUT2D eigenvalue weighted by molar-refractivity contribution is 0.182. The molecule has 1 aliphatic heterocycles. The summed E-state index contributed by atoms with van der Waals surface area (Å²) in [7, 11) is 1.74. The molecule has 0 aromatic heterocycles. The lowest BCUT2D eigenvalue weighted by atomic mass is 9.95. The summed E-state index contributed by atoms with van der Waals surface area (Å²) in [5.41, 5.74) is 7.71. The number of likely N-dealkylation sites (tertiary alicyclic amines) is 1. The molecule has 0 spiro atoms. The van der Waals surface area contributed by atoms with Crippen molar-refractivity contribution in [3.63, 3.8) is 0 Å². The minimum atomic E-state index is 0.173. The monoisotopic (exact) mass is 340 g/mol. The number of methoxy groups -OCH3 is 1. The summed E-state index contributed by atoms with van der Waals surface area (Å²) in [6.07, 6.45) is 4.69. The molecular weight excluding hydrogens is 316 g/mol. The Morgan fingerprint density at radius 3 is 2.90 bits per heavy atom. The van der Waals surface area contributed by atoms with E-state index in [4.69, 9.17) is 10.5 Å². The average Bonchev–Trinajstić information content (AvgIpc) is 2.61. The van der Waals surface area contributed by atoms with Crippen LogP contribution in [0.1, 0.15) is 44.2 Å². The van der Waals surface area contributed by atoms with Gasteiger partial charge in [-0.15, -0.1) is 0 Å². The number of ether oxygens (including phenoxy) is 1. The van der Waals surface area contributed by atoms with E-state index in [0.29, 0.717) is 0 Å². The summed E-state index contributed by atoms with van der Waals surface area (Å²) in [5, 5.41) is 0. The first kappa shape index (κ1) is 15.8. The van der Waals surface area contributed by atoms with Crippen molar-refractivity contribution in [3.8, 4) is 5.75 Å². The van der Waals surface area contributed by atoms with Crippen LogP contribution in [-0.2, 0) is 0 Å². The minimum absolute atomic E-state index is 0.173. The number of hydrogen-bond acceptors (Lipinski definition) is 3. The van der Waals surface area contributed by atoms with E-state index < -0.39 is 0 Å². The molecule has 0 aliphatic carbocycles. The van der Waals surface area contributed by atoms with Crippen molar-refractivity contribution in [2.45, 2.75) is 44.7 Å². The van der Waals surface area contributed by atoms with E-state index >= 15 is 0 Å². The average molecular weight is 341 g/mol. The number of hydrogen-bond donors (Lipinski definition) is 1. The maximum atomic E-state index is 6.49. The summed E-state index contributed by atoms with van der Waals surface area (Å²) in [6.45, 7) is 4.45. The van der Waals surface area contributed by atoms with E-state index in [1.165, 1.54) is 18.4 Å². The maximum absolute atomic E-state index is 6.49. The van der Waals surface area contributed by atoms with Crippen LogP contribution in [0, 0.1) is 0 Å². The van der Waals surface area contributed by atoms with Crippen molar-refractivity contribution < 1.29 is 4.74 Å². The molecule has 0 amide bonds. The molecule has 1 aromatic rings.